The van der Waals surface area contributed by atoms with Gasteiger partial charge < -0.3 is 5.73 Å². The average Bonchev–Trinajstić information content (AvgIpc) is 2.28. The van der Waals surface area contributed by atoms with Crippen molar-refractivity contribution in [3.8, 4) is 0 Å². The van der Waals surface area contributed by atoms with E-state index in [1.165, 1.54) is 12.3 Å². The van der Waals surface area contributed by atoms with E-state index in [0.717, 1.165) is 0 Å². The van der Waals surface area contributed by atoms with Crippen molar-refractivity contribution in [1.82, 2.24) is 9.71 Å². The number of nitrogens with two attached hydrogens (primary N) is 1. The van der Waals surface area contributed by atoms with Crippen molar-refractivity contribution >= 4 is 27.4 Å². The largest absolute Gasteiger partial charge is 0.382 e. The van der Waals surface area contributed by atoms with Crippen molar-refractivity contribution in [3.63, 3.8) is 0 Å². The van der Waals surface area contributed by atoms with Gasteiger partial charge in [0.15, 0.2) is 0 Å². The van der Waals surface area contributed by atoms with E-state index in [0.29, 0.717) is 6.54 Å². The molecule has 0 fully saturated rings. The molecular formula is C12H20ClN3O2S. The predicted octanol–water partition coefficient (Wildman–Crippen LogP) is 2.28. The molecule has 0 saturated heterocycles. The molecule has 108 valence electrons. The van der Waals surface area contributed by atoms with E-state index in [2.05, 4.69) is 30.5 Å². The van der Waals surface area contributed by atoms with Crippen LogP contribution in [0.3, 0.4) is 0 Å². The van der Waals surface area contributed by atoms with Crippen molar-refractivity contribution in [3.05, 3.63) is 17.3 Å². The van der Waals surface area contributed by atoms with Crippen LogP contribution in [0.1, 0.15) is 27.7 Å². The van der Waals surface area contributed by atoms with Crippen LogP contribution in [0.15, 0.2) is 17.2 Å². The molecule has 0 aromatic carbocycles. The van der Waals surface area contributed by atoms with Gasteiger partial charge in [0, 0.05) is 12.7 Å². The first-order valence-electron chi connectivity index (χ1n) is 5.94. The quantitative estimate of drug-likeness (QED) is 0.893. The van der Waals surface area contributed by atoms with Crippen LogP contribution in [0.4, 0.5) is 5.82 Å². The molecule has 1 rings (SSSR count). The van der Waals surface area contributed by atoms with Gasteiger partial charge in [-0.25, -0.2) is 18.1 Å². The number of nitrogens with one attached hydrogen (secondary N) is 1. The van der Waals surface area contributed by atoms with Gasteiger partial charge >= 0.3 is 0 Å². The second-order valence-electron chi connectivity index (χ2n) is 5.66. The Morgan fingerprint density at radius 1 is 1.47 bits per heavy atom. The van der Waals surface area contributed by atoms with Gasteiger partial charge in [-0.3, -0.25) is 0 Å². The maximum atomic E-state index is 12.1. The Labute approximate surface area is 119 Å². The summed E-state index contributed by atoms with van der Waals surface area (Å²) in [7, 11) is -3.61. The fourth-order valence-electron chi connectivity index (χ4n) is 1.20. The van der Waals surface area contributed by atoms with Gasteiger partial charge in [0.2, 0.25) is 10.0 Å². The first-order chi connectivity index (χ1) is 8.54. The van der Waals surface area contributed by atoms with Crippen molar-refractivity contribution in [2.75, 3.05) is 12.3 Å². The van der Waals surface area contributed by atoms with Crippen molar-refractivity contribution in [2.24, 2.45) is 11.3 Å². The zero-order valence-corrected chi connectivity index (χ0v) is 13.1. The molecule has 0 amide bonds. The number of anilines is 1. The lowest BCUT2D eigenvalue weighted by Crippen LogP contribution is -2.33. The molecule has 0 bridgehead atoms. The van der Waals surface area contributed by atoms with Crippen molar-refractivity contribution in [2.45, 2.75) is 32.6 Å². The van der Waals surface area contributed by atoms with Crippen LogP contribution in [0.25, 0.3) is 0 Å². The number of sulfonamides is 1. The Bertz CT molecular complexity index is 553. The molecule has 1 aromatic heterocycles. The van der Waals surface area contributed by atoms with Crippen LogP contribution < -0.4 is 10.5 Å². The third-order valence-corrected chi connectivity index (χ3v) is 4.91. The monoisotopic (exact) mass is 305 g/mol. The minimum absolute atomic E-state index is 0.0211. The number of nitrogen functional groups attached to an aromatic ring is 1. The molecule has 1 unspecified atom stereocenters. The summed E-state index contributed by atoms with van der Waals surface area (Å²) in [5.41, 5.74) is 5.48. The van der Waals surface area contributed by atoms with Gasteiger partial charge in [0.1, 0.15) is 10.7 Å². The summed E-state index contributed by atoms with van der Waals surface area (Å²) in [6.07, 6.45) is 1.20. The van der Waals surface area contributed by atoms with Crippen LogP contribution in [0.2, 0.25) is 5.02 Å². The molecule has 0 aliphatic rings. The van der Waals surface area contributed by atoms with Gasteiger partial charge in [-0.1, -0.05) is 39.3 Å². The molecule has 19 heavy (non-hydrogen) atoms. The summed E-state index contributed by atoms with van der Waals surface area (Å²) in [6, 6.07) is 1.30. The molecule has 0 aliphatic carbocycles. The third kappa shape index (κ3) is 4.33. The fraction of sp³-hybridized carbons (Fsp3) is 0.583. The minimum atomic E-state index is -3.61. The first kappa shape index (κ1) is 16.2. The zero-order valence-electron chi connectivity index (χ0n) is 11.6. The van der Waals surface area contributed by atoms with E-state index >= 15 is 0 Å². The average molecular weight is 306 g/mol. The lowest BCUT2D eigenvalue weighted by molar-refractivity contribution is 0.263. The number of hydrogen-bond acceptors (Lipinski definition) is 4. The summed E-state index contributed by atoms with van der Waals surface area (Å²) in [4.78, 5) is 3.77. The maximum absolute atomic E-state index is 12.1. The highest BCUT2D eigenvalue weighted by Gasteiger charge is 2.23. The molecule has 0 radical (unpaired) electrons. The van der Waals surface area contributed by atoms with Gasteiger partial charge in [-0.05, 0) is 17.4 Å². The summed E-state index contributed by atoms with van der Waals surface area (Å²) >= 11 is 5.78. The van der Waals surface area contributed by atoms with Gasteiger partial charge in [-0.2, -0.15) is 0 Å². The SMILES string of the molecule is CC(CNS(=O)(=O)c1cnc(N)c(Cl)c1)C(C)(C)C. The van der Waals surface area contributed by atoms with Crippen LogP contribution in [0.5, 0.6) is 0 Å². The van der Waals surface area contributed by atoms with E-state index in [-0.39, 0.29) is 27.1 Å². The van der Waals surface area contributed by atoms with Gasteiger partial charge in [-0.15, -0.1) is 0 Å². The Hall–Kier alpha value is -0.850. The summed E-state index contributed by atoms with van der Waals surface area (Å²) < 4.78 is 26.7. The fourth-order valence-corrected chi connectivity index (χ4v) is 2.53. The Morgan fingerprint density at radius 3 is 2.53 bits per heavy atom. The number of aromatic nitrogens is 1. The Kier molecular flexibility index (Phi) is 4.81. The number of rotatable bonds is 4. The topological polar surface area (TPSA) is 85.1 Å². The molecular weight excluding hydrogens is 286 g/mol. The Morgan fingerprint density at radius 2 is 2.05 bits per heavy atom. The normalized spacial score (nSPS) is 14.4. The van der Waals surface area contributed by atoms with Crippen LogP contribution >= 0.6 is 11.6 Å². The molecule has 5 nitrogen and oxygen atoms in total. The number of pyridine rings is 1. The van der Waals surface area contributed by atoms with Crippen LogP contribution in [-0.4, -0.2) is 19.9 Å². The minimum Gasteiger partial charge on any atom is -0.382 e. The molecule has 0 saturated carbocycles. The van der Waals surface area contributed by atoms with Crippen molar-refractivity contribution in [1.29, 1.82) is 0 Å². The van der Waals surface area contributed by atoms with E-state index in [9.17, 15) is 8.42 Å². The molecule has 3 N–H and O–H groups in total. The standard InChI is InChI=1S/C12H20ClN3O2S/c1-8(12(2,3)4)6-16-19(17,18)9-5-10(13)11(14)15-7-9/h5,7-8,16H,6H2,1-4H3,(H2,14,15). The second-order valence-corrected chi connectivity index (χ2v) is 7.83. The lowest BCUT2D eigenvalue weighted by Gasteiger charge is -2.27. The maximum Gasteiger partial charge on any atom is 0.242 e. The first-order valence-corrected chi connectivity index (χ1v) is 7.81. The van der Waals surface area contributed by atoms with Gasteiger partial charge in [0.05, 0.1) is 5.02 Å². The molecule has 1 aromatic rings. The van der Waals surface area contributed by atoms with Crippen molar-refractivity contribution < 1.29 is 8.42 Å². The Balaban J connectivity index is 2.85. The third-order valence-electron chi connectivity index (χ3n) is 3.21. The second kappa shape index (κ2) is 5.64. The highest BCUT2D eigenvalue weighted by molar-refractivity contribution is 7.89. The van der Waals surface area contributed by atoms with E-state index in [1.807, 2.05) is 6.92 Å². The lowest BCUT2D eigenvalue weighted by atomic mass is 9.82. The summed E-state index contributed by atoms with van der Waals surface area (Å²) in [5.74, 6) is 0.308. The predicted molar refractivity (Wildman–Crippen MR) is 77.5 cm³/mol. The highest BCUT2D eigenvalue weighted by atomic mass is 35.5. The van der Waals surface area contributed by atoms with E-state index in [1.54, 1.807) is 0 Å². The molecule has 7 heteroatoms. The van der Waals surface area contributed by atoms with Crippen LogP contribution in [-0.2, 0) is 10.0 Å². The number of halogens is 1. The summed E-state index contributed by atoms with van der Waals surface area (Å²) in [6.45, 7) is 8.54. The van der Waals surface area contributed by atoms with E-state index in [4.69, 9.17) is 17.3 Å². The zero-order chi connectivity index (χ0) is 14.8. The molecule has 1 atom stereocenters. The molecule has 1 heterocycles. The number of hydrogen-bond donors (Lipinski definition) is 2. The highest BCUT2D eigenvalue weighted by Crippen LogP contribution is 2.25. The van der Waals surface area contributed by atoms with Gasteiger partial charge in [0.25, 0.3) is 0 Å². The summed E-state index contributed by atoms with van der Waals surface area (Å²) in [5, 5.41) is 0.131. The van der Waals surface area contributed by atoms with Crippen LogP contribution in [0, 0.1) is 11.3 Å². The molecule has 0 spiro atoms. The smallest absolute Gasteiger partial charge is 0.242 e. The number of nitrogens with zero attached hydrogens (tertiary/aromatic N) is 1. The molecule has 0 aliphatic heterocycles. The van der Waals surface area contributed by atoms with E-state index < -0.39 is 10.0 Å².